The molecule has 2 rings (SSSR count). The molecule has 1 aliphatic rings. The molecule has 7 heteroatoms. The molecule has 0 amide bonds. The highest BCUT2D eigenvalue weighted by Crippen LogP contribution is 2.29. The maximum Gasteiger partial charge on any atom is 0.243 e. The van der Waals surface area contributed by atoms with Gasteiger partial charge < -0.3 is 15.5 Å². The third-order valence-corrected chi connectivity index (χ3v) is 5.80. The van der Waals surface area contributed by atoms with Crippen molar-refractivity contribution in [2.75, 3.05) is 25.0 Å². The van der Waals surface area contributed by atoms with Gasteiger partial charge in [-0.3, -0.25) is 0 Å². The van der Waals surface area contributed by atoms with E-state index in [4.69, 9.17) is 0 Å². The Kier molecular flexibility index (Phi) is 4.57. The van der Waals surface area contributed by atoms with E-state index in [1.807, 2.05) is 6.92 Å². The van der Waals surface area contributed by atoms with Gasteiger partial charge >= 0.3 is 0 Å². The number of nitrogens with one attached hydrogen (secondary N) is 1. The number of rotatable bonds is 4. The van der Waals surface area contributed by atoms with Crippen molar-refractivity contribution >= 4 is 15.7 Å². The first kappa shape index (κ1) is 16.2. The monoisotopic (exact) mass is 314 g/mol. The van der Waals surface area contributed by atoms with Crippen LogP contribution in [0.2, 0.25) is 0 Å². The molecule has 1 fully saturated rings. The maximum absolute atomic E-state index is 12.7. The number of aliphatic hydroxyl groups is 2. The van der Waals surface area contributed by atoms with E-state index in [9.17, 15) is 18.6 Å². The summed E-state index contributed by atoms with van der Waals surface area (Å²) in [5.41, 5.74) is 2.19. The first-order valence-electron chi connectivity index (χ1n) is 6.98. The topological polar surface area (TPSA) is 89.9 Å². The summed E-state index contributed by atoms with van der Waals surface area (Å²) in [4.78, 5) is 0.255. The third-order valence-electron chi connectivity index (χ3n) is 3.66. The normalized spacial score (nSPS) is 23.5. The van der Waals surface area contributed by atoms with Crippen LogP contribution >= 0.6 is 0 Å². The predicted molar refractivity (Wildman–Crippen MR) is 80.9 cm³/mol. The van der Waals surface area contributed by atoms with Gasteiger partial charge in [-0.25, -0.2) is 8.42 Å². The van der Waals surface area contributed by atoms with Gasteiger partial charge in [0.05, 0.1) is 17.1 Å². The van der Waals surface area contributed by atoms with Gasteiger partial charge in [-0.15, -0.1) is 0 Å². The Labute approximate surface area is 125 Å². The lowest BCUT2D eigenvalue weighted by atomic mass is 10.1. The van der Waals surface area contributed by atoms with Crippen molar-refractivity contribution in [2.45, 2.75) is 37.9 Å². The van der Waals surface area contributed by atoms with Crippen LogP contribution in [0.15, 0.2) is 17.0 Å². The molecule has 1 aromatic rings. The molecule has 1 aromatic carbocycles. The fourth-order valence-corrected chi connectivity index (χ4v) is 4.61. The molecule has 0 saturated carbocycles. The first-order valence-corrected chi connectivity index (χ1v) is 8.42. The van der Waals surface area contributed by atoms with Gasteiger partial charge in [-0.05, 0) is 44.0 Å². The van der Waals surface area contributed by atoms with Crippen LogP contribution in [0.25, 0.3) is 0 Å². The molecule has 0 aliphatic carbocycles. The van der Waals surface area contributed by atoms with Crippen LogP contribution in [-0.4, -0.2) is 54.8 Å². The Morgan fingerprint density at radius 2 is 1.67 bits per heavy atom. The smallest absolute Gasteiger partial charge is 0.243 e. The number of β-amino-alcohol motifs (C(OH)–C–C–N with tert-alkyl or cyclic N) is 2. The molecule has 0 spiro atoms. The minimum atomic E-state index is -3.71. The van der Waals surface area contributed by atoms with Crippen LogP contribution in [0.3, 0.4) is 0 Å². The third kappa shape index (κ3) is 3.06. The molecule has 0 radical (unpaired) electrons. The quantitative estimate of drug-likeness (QED) is 0.751. The number of sulfonamides is 1. The van der Waals surface area contributed by atoms with E-state index in [1.165, 1.54) is 0 Å². The van der Waals surface area contributed by atoms with Crippen molar-refractivity contribution in [2.24, 2.45) is 0 Å². The fourth-order valence-electron chi connectivity index (χ4n) is 2.72. The maximum atomic E-state index is 12.7. The molecule has 6 nitrogen and oxygen atoms in total. The van der Waals surface area contributed by atoms with E-state index in [0.717, 1.165) is 16.5 Å². The van der Waals surface area contributed by atoms with Gasteiger partial charge in [0.1, 0.15) is 0 Å². The molecule has 1 aliphatic heterocycles. The van der Waals surface area contributed by atoms with Crippen LogP contribution < -0.4 is 5.32 Å². The second-order valence-electron chi connectivity index (χ2n) is 5.43. The number of benzene rings is 1. The summed E-state index contributed by atoms with van der Waals surface area (Å²) >= 11 is 0. The summed E-state index contributed by atoms with van der Waals surface area (Å²) in [6, 6.07) is 3.60. The van der Waals surface area contributed by atoms with Gasteiger partial charge in [0.25, 0.3) is 0 Å². The van der Waals surface area contributed by atoms with Gasteiger partial charge in [0, 0.05) is 25.3 Å². The summed E-state index contributed by atoms with van der Waals surface area (Å²) < 4.78 is 26.6. The molecule has 21 heavy (non-hydrogen) atoms. The van der Waals surface area contributed by atoms with E-state index in [0.29, 0.717) is 11.1 Å². The van der Waals surface area contributed by atoms with Crippen LogP contribution in [0.4, 0.5) is 5.69 Å². The second-order valence-corrected chi connectivity index (χ2v) is 7.30. The summed E-state index contributed by atoms with van der Waals surface area (Å²) in [5, 5.41) is 22.3. The van der Waals surface area contributed by atoms with Crippen molar-refractivity contribution in [3.63, 3.8) is 0 Å². The predicted octanol–water partition coefficient (Wildman–Crippen LogP) is 0.461. The lowest BCUT2D eigenvalue weighted by Crippen LogP contribution is -2.31. The van der Waals surface area contributed by atoms with E-state index < -0.39 is 22.2 Å². The zero-order valence-corrected chi connectivity index (χ0v) is 13.3. The average Bonchev–Trinajstić information content (AvgIpc) is 2.69. The average molecular weight is 314 g/mol. The fraction of sp³-hybridized carbons (Fsp3) is 0.571. The van der Waals surface area contributed by atoms with Crippen LogP contribution in [0.5, 0.6) is 0 Å². The van der Waals surface area contributed by atoms with E-state index in [2.05, 4.69) is 5.32 Å². The number of nitrogens with zero attached hydrogens (tertiary/aromatic N) is 1. The Morgan fingerprint density at radius 3 is 2.10 bits per heavy atom. The van der Waals surface area contributed by atoms with Crippen molar-refractivity contribution in [1.82, 2.24) is 4.31 Å². The van der Waals surface area contributed by atoms with Gasteiger partial charge in [-0.1, -0.05) is 0 Å². The molecular formula is C14H22N2O4S. The largest absolute Gasteiger partial charge is 0.389 e. The summed E-state index contributed by atoms with van der Waals surface area (Å²) in [5.74, 6) is 0. The van der Waals surface area contributed by atoms with Gasteiger partial charge in [0.15, 0.2) is 0 Å². The Balaban J connectivity index is 2.41. The standard InChI is InChI=1S/C14H22N2O4S/c1-4-15-11-5-9(2)14(10(3)6-11)21(19,20)16-7-12(17)13(18)8-16/h5-6,12-13,15,17-18H,4,7-8H2,1-3H3. The van der Waals surface area contributed by atoms with E-state index in [1.54, 1.807) is 26.0 Å². The van der Waals surface area contributed by atoms with Crippen molar-refractivity contribution in [3.05, 3.63) is 23.3 Å². The molecule has 2 atom stereocenters. The highest BCUT2D eigenvalue weighted by molar-refractivity contribution is 7.89. The Bertz CT molecular complexity index is 597. The summed E-state index contributed by atoms with van der Waals surface area (Å²) in [7, 11) is -3.71. The van der Waals surface area contributed by atoms with Crippen molar-refractivity contribution < 1.29 is 18.6 Å². The number of hydrogen-bond acceptors (Lipinski definition) is 5. The van der Waals surface area contributed by atoms with Crippen LogP contribution in [0.1, 0.15) is 18.1 Å². The number of anilines is 1. The number of aliphatic hydroxyl groups excluding tert-OH is 2. The van der Waals surface area contributed by atoms with Crippen molar-refractivity contribution in [3.8, 4) is 0 Å². The summed E-state index contributed by atoms with van der Waals surface area (Å²) in [6.45, 7) is 6.10. The molecule has 118 valence electrons. The molecular weight excluding hydrogens is 292 g/mol. The summed E-state index contributed by atoms with van der Waals surface area (Å²) in [6.07, 6.45) is -2.05. The second kappa shape index (κ2) is 5.92. The highest BCUT2D eigenvalue weighted by atomic mass is 32.2. The molecule has 3 N–H and O–H groups in total. The SMILES string of the molecule is CCNc1cc(C)c(S(=O)(=O)N2CC(O)C(O)C2)c(C)c1. The minimum Gasteiger partial charge on any atom is -0.389 e. The van der Waals surface area contributed by atoms with Crippen LogP contribution in [0, 0.1) is 13.8 Å². The molecule has 2 unspecified atom stereocenters. The van der Waals surface area contributed by atoms with Crippen LogP contribution in [-0.2, 0) is 10.0 Å². The molecule has 0 aromatic heterocycles. The van der Waals surface area contributed by atoms with E-state index >= 15 is 0 Å². The first-order chi connectivity index (χ1) is 9.77. The number of hydrogen-bond donors (Lipinski definition) is 3. The zero-order chi connectivity index (χ0) is 15.8. The van der Waals surface area contributed by atoms with Crippen molar-refractivity contribution in [1.29, 1.82) is 0 Å². The molecule has 1 heterocycles. The molecule has 0 bridgehead atoms. The van der Waals surface area contributed by atoms with E-state index in [-0.39, 0.29) is 18.0 Å². The Morgan fingerprint density at radius 1 is 1.19 bits per heavy atom. The Hall–Kier alpha value is -1.15. The van der Waals surface area contributed by atoms with Gasteiger partial charge in [-0.2, -0.15) is 4.31 Å². The molecule has 1 saturated heterocycles. The zero-order valence-electron chi connectivity index (χ0n) is 12.5. The highest BCUT2D eigenvalue weighted by Gasteiger charge is 2.38. The van der Waals surface area contributed by atoms with Gasteiger partial charge in [0.2, 0.25) is 10.0 Å². The lowest BCUT2D eigenvalue weighted by molar-refractivity contribution is 0.0572. The lowest BCUT2D eigenvalue weighted by Gasteiger charge is -2.20. The number of aryl methyl sites for hydroxylation is 2. The minimum absolute atomic E-state index is 0.0721.